The molecule has 3 rings (SSSR count). The molecule has 20 heavy (non-hydrogen) atoms. The highest BCUT2D eigenvalue weighted by atomic mass is 16.5. The third-order valence-electron chi connectivity index (χ3n) is 4.99. The van der Waals surface area contributed by atoms with Gasteiger partial charge in [0.2, 0.25) is 0 Å². The van der Waals surface area contributed by atoms with Crippen LogP contribution in [0.5, 0.6) is 0 Å². The van der Waals surface area contributed by atoms with Crippen molar-refractivity contribution in [2.24, 2.45) is 5.41 Å². The smallest absolute Gasteiger partial charge is 0.251 e. The first kappa shape index (κ1) is 13.8. The van der Waals surface area contributed by atoms with Crippen LogP contribution in [0.4, 0.5) is 0 Å². The lowest BCUT2D eigenvalue weighted by atomic mass is 9.70. The number of H-pyrrole nitrogens is 1. The zero-order valence-electron chi connectivity index (χ0n) is 12.7. The van der Waals surface area contributed by atoms with Gasteiger partial charge in [0, 0.05) is 19.1 Å². The van der Waals surface area contributed by atoms with E-state index in [2.05, 4.69) is 18.8 Å². The molecule has 2 fully saturated rings. The van der Waals surface area contributed by atoms with E-state index in [1.165, 1.54) is 0 Å². The predicted molar refractivity (Wildman–Crippen MR) is 77.8 cm³/mol. The van der Waals surface area contributed by atoms with Crippen LogP contribution < -0.4 is 5.56 Å². The fraction of sp³-hybridized carbons (Fsp3) is 0.750. The molecular formula is C16H24N2O2. The van der Waals surface area contributed by atoms with Crippen LogP contribution in [0.3, 0.4) is 0 Å². The molecule has 4 nitrogen and oxygen atoms in total. The molecule has 0 unspecified atom stereocenters. The Morgan fingerprint density at radius 1 is 1.25 bits per heavy atom. The second-order valence-electron chi connectivity index (χ2n) is 7.16. The van der Waals surface area contributed by atoms with Gasteiger partial charge in [-0.05, 0) is 43.9 Å². The normalized spacial score (nSPS) is 24.6. The standard InChI is InChI=1S/C16H24N2O2/c1-15(2)6-8-16(20-3,9-7-15)14-17-12(11-4-5-11)10-13(19)18-14/h10-11H,4-9H2,1-3H3,(H,17,18,19). The lowest BCUT2D eigenvalue weighted by molar-refractivity contribution is -0.0732. The Morgan fingerprint density at radius 3 is 2.45 bits per heavy atom. The Kier molecular flexibility index (Phi) is 3.24. The SMILES string of the molecule is COC1(c2nc(C3CC3)cc(=O)[nH]2)CCC(C)(C)CC1. The Bertz CT molecular complexity index is 548. The molecule has 1 heterocycles. The molecule has 0 aliphatic heterocycles. The van der Waals surface area contributed by atoms with Crippen LogP contribution in [-0.2, 0) is 10.3 Å². The molecule has 0 bridgehead atoms. The lowest BCUT2D eigenvalue weighted by Gasteiger charge is -2.41. The first-order valence-corrected chi connectivity index (χ1v) is 7.61. The average Bonchev–Trinajstić information content (AvgIpc) is 3.23. The molecule has 2 aliphatic carbocycles. The fourth-order valence-electron chi connectivity index (χ4n) is 3.15. The van der Waals surface area contributed by atoms with Crippen LogP contribution in [-0.4, -0.2) is 17.1 Å². The maximum atomic E-state index is 11.9. The Balaban J connectivity index is 1.95. The molecular weight excluding hydrogens is 252 g/mol. The Hall–Kier alpha value is -1.16. The van der Waals surface area contributed by atoms with Gasteiger partial charge in [-0.25, -0.2) is 4.98 Å². The molecule has 0 radical (unpaired) electrons. The van der Waals surface area contributed by atoms with Crippen LogP contribution in [0.15, 0.2) is 10.9 Å². The molecule has 1 aromatic rings. The van der Waals surface area contributed by atoms with Crippen molar-refractivity contribution in [2.75, 3.05) is 7.11 Å². The van der Waals surface area contributed by atoms with E-state index in [-0.39, 0.29) is 5.56 Å². The number of methoxy groups -OCH3 is 1. The molecule has 1 aromatic heterocycles. The Labute approximate surface area is 120 Å². The monoisotopic (exact) mass is 276 g/mol. The summed E-state index contributed by atoms with van der Waals surface area (Å²) in [5.41, 5.74) is 0.860. The number of aromatic nitrogens is 2. The van der Waals surface area contributed by atoms with Crippen molar-refractivity contribution >= 4 is 0 Å². The number of hydrogen-bond acceptors (Lipinski definition) is 3. The minimum absolute atomic E-state index is 0.0434. The summed E-state index contributed by atoms with van der Waals surface area (Å²) in [5, 5.41) is 0. The van der Waals surface area contributed by atoms with Gasteiger partial charge in [0.1, 0.15) is 11.4 Å². The van der Waals surface area contributed by atoms with E-state index in [9.17, 15) is 4.79 Å². The van der Waals surface area contributed by atoms with Gasteiger partial charge >= 0.3 is 0 Å². The molecule has 1 N–H and O–H groups in total. The topological polar surface area (TPSA) is 55.0 Å². The third-order valence-corrected chi connectivity index (χ3v) is 4.99. The van der Waals surface area contributed by atoms with Crippen molar-refractivity contribution in [3.63, 3.8) is 0 Å². The maximum absolute atomic E-state index is 11.9. The van der Waals surface area contributed by atoms with E-state index in [0.29, 0.717) is 11.3 Å². The highest BCUT2D eigenvalue weighted by Crippen LogP contribution is 2.46. The number of rotatable bonds is 3. The highest BCUT2D eigenvalue weighted by Gasteiger charge is 2.42. The Morgan fingerprint density at radius 2 is 1.90 bits per heavy atom. The molecule has 0 saturated heterocycles. The summed E-state index contributed by atoms with van der Waals surface area (Å²) >= 11 is 0. The van der Waals surface area contributed by atoms with Gasteiger partial charge in [-0.15, -0.1) is 0 Å². The second-order valence-corrected chi connectivity index (χ2v) is 7.16. The summed E-state index contributed by atoms with van der Waals surface area (Å²) in [6.07, 6.45) is 6.35. The molecule has 4 heteroatoms. The summed E-state index contributed by atoms with van der Waals surface area (Å²) in [6, 6.07) is 1.65. The van der Waals surface area contributed by atoms with Crippen molar-refractivity contribution < 1.29 is 4.74 Å². The average molecular weight is 276 g/mol. The number of nitrogens with one attached hydrogen (secondary N) is 1. The largest absolute Gasteiger partial charge is 0.370 e. The van der Waals surface area contributed by atoms with Gasteiger partial charge in [-0.1, -0.05) is 13.8 Å². The van der Waals surface area contributed by atoms with Crippen LogP contribution >= 0.6 is 0 Å². The molecule has 2 saturated carbocycles. The second kappa shape index (κ2) is 4.69. The summed E-state index contributed by atoms with van der Waals surface area (Å²) in [7, 11) is 1.74. The van der Waals surface area contributed by atoms with Gasteiger partial charge in [-0.2, -0.15) is 0 Å². The highest BCUT2D eigenvalue weighted by molar-refractivity contribution is 5.17. The zero-order valence-corrected chi connectivity index (χ0v) is 12.7. The van der Waals surface area contributed by atoms with E-state index >= 15 is 0 Å². The molecule has 0 amide bonds. The summed E-state index contributed by atoms with van der Waals surface area (Å²) in [4.78, 5) is 19.6. The van der Waals surface area contributed by atoms with Crippen molar-refractivity contribution in [3.05, 3.63) is 27.9 Å². The molecule has 2 aliphatic rings. The lowest BCUT2D eigenvalue weighted by Crippen LogP contribution is -2.39. The first-order chi connectivity index (χ1) is 9.44. The maximum Gasteiger partial charge on any atom is 0.251 e. The van der Waals surface area contributed by atoms with Crippen LogP contribution in [0.1, 0.15) is 69.8 Å². The third kappa shape index (κ3) is 2.53. The van der Waals surface area contributed by atoms with Gasteiger partial charge in [0.15, 0.2) is 0 Å². The van der Waals surface area contributed by atoms with Gasteiger partial charge in [0.05, 0.1) is 5.69 Å². The van der Waals surface area contributed by atoms with Crippen LogP contribution in [0.25, 0.3) is 0 Å². The number of nitrogens with zero attached hydrogens (tertiary/aromatic N) is 1. The number of aromatic amines is 1. The minimum Gasteiger partial charge on any atom is -0.370 e. The molecule has 110 valence electrons. The number of ether oxygens (including phenoxy) is 1. The van der Waals surface area contributed by atoms with Gasteiger partial charge < -0.3 is 9.72 Å². The van der Waals surface area contributed by atoms with Crippen LogP contribution in [0, 0.1) is 5.41 Å². The van der Waals surface area contributed by atoms with Crippen molar-refractivity contribution in [1.82, 2.24) is 9.97 Å². The molecule has 0 aromatic carbocycles. The predicted octanol–water partition coefficient (Wildman–Crippen LogP) is 3.09. The zero-order chi connectivity index (χ0) is 14.4. The fourth-order valence-corrected chi connectivity index (χ4v) is 3.15. The van der Waals surface area contributed by atoms with E-state index < -0.39 is 5.60 Å². The van der Waals surface area contributed by atoms with E-state index in [0.717, 1.165) is 50.0 Å². The molecule has 0 atom stereocenters. The van der Waals surface area contributed by atoms with E-state index in [4.69, 9.17) is 9.72 Å². The van der Waals surface area contributed by atoms with Gasteiger partial charge in [0.25, 0.3) is 5.56 Å². The van der Waals surface area contributed by atoms with Crippen molar-refractivity contribution in [1.29, 1.82) is 0 Å². The van der Waals surface area contributed by atoms with Crippen molar-refractivity contribution in [2.45, 2.75) is 63.9 Å². The minimum atomic E-state index is -0.403. The first-order valence-electron chi connectivity index (χ1n) is 7.61. The number of hydrogen-bond donors (Lipinski definition) is 1. The van der Waals surface area contributed by atoms with Gasteiger partial charge in [-0.3, -0.25) is 4.79 Å². The summed E-state index contributed by atoms with van der Waals surface area (Å²) in [5.74, 6) is 1.23. The summed E-state index contributed by atoms with van der Waals surface area (Å²) < 4.78 is 5.84. The summed E-state index contributed by atoms with van der Waals surface area (Å²) in [6.45, 7) is 4.59. The molecule has 0 spiro atoms. The van der Waals surface area contributed by atoms with Crippen LogP contribution in [0.2, 0.25) is 0 Å². The van der Waals surface area contributed by atoms with E-state index in [1.54, 1.807) is 13.2 Å². The van der Waals surface area contributed by atoms with E-state index in [1.807, 2.05) is 0 Å². The van der Waals surface area contributed by atoms with Crippen molar-refractivity contribution in [3.8, 4) is 0 Å². The quantitative estimate of drug-likeness (QED) is 0.923.